The van der Waals surface area contributed by atoms with Crippen molar-refractivity contribution in [3.8, 4) is 0 Å². The Bertz CT molecular complexity index is 229. The summed E-state index contributed by atoms with van der Waals surface area (Å²) in [6.07, 6.45) is 2.71. The summed E-state index contributed by atoms with van der Waals surface area (Å²) in [6, 6.07) is 0. The molecule has 1 fully saturated rings. The smallest absolute Gasteiger partial charge is 0.148 e. The van der Waals surface area contributed by atoms with Crippen molar-refractivity contribution in [1.29, 1.82) is 0 Å². The molecule has 0 unspecified atom stereocenters. The van der Waals surface area contributed by atoms with E-state index in [9.17, 15) is 4.79 Å². The van der Waals surface area contributed by atoms with Crippen molar-refractivity contribution in [3.05, 3.63) is 5.70 Å². The summed E-state index contributed by atoms with van der Waals surface area (Å²) in [5.74, 6) is 1.93. The molecular formula is C10H17NO2. The summed E-state index contributed by atoms with van der Waals surface area (Å²) in [6.45, 7) is 6.93. The van der Waals surface area contributed by atoms with Gasteiger partial charge in [0.05, 0.1) is 5.60 Å². The molecule has 74 valence electrons. The lowest BCUT2D eigenvalue weighted by Crippen LogP contribution is -2.33. The van der Waals surface area contributed by atoms with E-state index in [4.69, 9.17) is 4.84 Å². The molecule has 1 rings (SSSR count). The van der Waals surface area contributed by atoms with Crippen molar-refractivity contribution in [1.82, 2.24) is 5.06 Å². The van der Waals surface area contributed by atoms with Crippen LogP contribution in [0, 0.1) is 0 Å². The van der Waals surface area contributed by atoms with Gasteiger partial charge in [0.15, 0.2) is 0 Å². The number of allylic oxidation sites excluding steroid dienone is 1. The maximum atomic E-state index is 10.5. The highest BCUT2D eigenvalue weighted by Gasteiger charge is 2.26. The van der Waals surface area contributed by atoms with Crippen molar-refractivity contribution in [2.45, 2.75) is 45.6 Å². The second-order valence-electron chi connectivity index (χ2n) is 3.96. The van der Waals surface area contributed by atoms with Gasteiger partial charge in [-0.2, -0.15) is 0 Å². The summed E-state index contributed by atoms with van der Waals surface area (Å²) in [5, 5.41) is 1.69. The van der Waals surface area contributed by atoms with Crippen molar-refractivity contribution in [2.75, 3.05) is 6.54 Å². The molecule has 0 aromatic heterocycles. The van der Waals surface area contributed by atoms with Crippen LogP contribution in [0.5, 0.6) is 0 Å². The molecule has 0 spiro atoms. The molecule has 3 nitrogen and oxygen atoms in total. The monoisotopic (exact) mass is 183 g/mol. The first-order valence-electron chi connectivity index (χ1n) is 4.79. The van der Waals surface area contributed by atoms with Gasteiger partial charge in [-0.3, -0.25) is 4.84 Å². The van der Waals surface area contributed by atoms with Gasteiger partial charge in [0, 0.05) is 13.0 Å². The van der Waals surface area contributed by atoms with Gasteiger partial charge in [-0.15, -0.1) is 0 Å². The Morgan fingerprint density at radius 3 is 2.85 bits per heavy atom. The highest BCUT2D eigenvalue weighted by molar-refractivity contribution is 5.51. The third-order valence-corrected chi connectivity index (χ3v) is 2.40. The summed E-state index contributed by atoms with van der Waals surface area (Å²) in [4.78, 5) is 16.2. The normalized spacial score (nSPS) is 17.8. The van der Waals surface area contributed by atoms with Gasteiger partial charge in [-0.05, 0) is 26.7 Å². The summed E-state index contributed by atoms with van der Waals surface area (Å²) >= 11 is 0. The van der Waals surface area contributed by atoms with Crippen molar-refractivity contribution < 1.29 is 9.63 Å². The summed E-state index contributed by atoms with van der Waals surface area (Å²) < 4.78 is 0. The average Bonchev–Trinajstić information content (AvgIpc) is 2.51. The molecule has 0 saturated carbocycles. The maximum absolute atomic E-state index is 10.5. The van der Waals surface area contributed by atoms with E-state index in [1.165, 1.54) is 0 Å². The van der Waals surface area contributed by atoms with Crippen LogP contribution in [-0.4, -0.2) is 23.2 Å². The Morgan fingerprint density at radius 2 is 2.31 bits per heavy atom. The third-order valence-electron chi connectivity index (χ3n) is 2.40. The second-order valence-corrected chi connectivity index (χ2v) is 3.96. The number of nitrogens with zero attached hydrogens (tertiary/aromatic N) is 1. The molecule has 1 aliphatic rings. The minimum absolute atomic E-state index is 0.188. The standard InChI is InChI=1S/C10H17NO2/c1-4-10(2,3)13-11-7-5-6-9(11)8-12/h4-7H2,1-3H3. The zero-order chi connectivity index (χ0) is 9.90. The van der Waals surface area contributed by atoms with Crippen LogP contribution < -0.4 is 0 Å². The number of hydroxylamine groups is 2. The van der Waals surface area contributed by atoms with Crippen molar-refractivity contribution in [2.24, 2.45) is 0 Å². The Morgan fingerprint density at radius 1 is 1.62 bits per heavy atom. The first kappa shape index (κ1) is 10.3. The SMILES string of the molecule is CCC(C)(C)ON1CCCC1=C=O. The molecule has 0 bridgehead atoms. The molecule has 1 heterocycles. The predicted octanol–water partition coefficient (Wildman–Crippen LogP) is 1.92. The first-order valence-corrected chi connectivity index (χ1v) is 4.79. The van der Waals surface area contributed by atoms with Gasteiger partial charge in [0.1, 0.15) is 11.6 Å². The zero-order valence-corrected chi connectivity index (χ0v) is 8.59. The van der Waals surface area contributed by atoms with Crippen LogP contribution in [0.3, 0.4) is 0 Å². The fraction of sp³-hybridized carbons (Fsp3) is 0.800. The van der Waals surface area contributed by atoms with Gasteiger partial charge in [-0.25, -0.2) is 9.86 Å². The van der Waals surface area contributed by atoms with Gasteiger partial charge in [0.25, 0.3) is 0 Å². The number of carbonyl (C=O) groups excluding carboxylic acids is 1. The van der Waals surface area contributed by atoms with Crippen LogP contribution in [-0.2, 0) is 9.63 Å². The minimum atomic E-state index is -0.188. The fourth-order valence-electron chi connectivity index (χ4n) is 1.22. The van der Waals surface area contributed by atoms with Crippen molar-refractivity contribution in [3.63, 3.8) is 0 Å². The third kappa shape index (κ3) is 2.58. The minimum Gasteiger partial charge on any atom is -0.267 e. The number of rotatable bonds is 3. The van der Waals surface area contributed by atoms with Crippen LogP contribution >= 0.6 is 0 Å². The van der Waals surface area contributed by atoms with Gasteiger partial charge >= 0.3 is 0 Å². The Kier molecular flexibility index (Phi) is 3.12. The Hall–Kier alpha value is -0.790. The van der Waals surface area contributed by atoms with Crippen LogP contribution in [0.15, 0.2) is 5.70 Å². The topological polar surface area (TPSA) is 29.5 Å². The van der Waals surface area contributed by atoms with Crippen LogP contribution in [0.1, 0.15) is 40.0 Å². The molecule has 0 amide bonds. The van der Waals surface area contributed by atoms with E-state index in [0.717, 1.165) is 25.8 Å². The molecular weight excluding hydrogens is 166 g/mol. The van der Waals surface area contributed by atoms with Gasteiger partial charge in [-0.1, -0.05) is 6.92 Å². The van der Waals surface area contributed by atoms with Crippen LogP contribution in [0.2, 0.25) is 0 Å². The molecule has 13 heavy (non-hydrogen) atoms. The van der Waals surface area contributed by atoms with Crippen molar-refractivity contribution >= 4 is 5.94 Å². The highest BCUT2D eigenvalue weighted by atomic mass is 16.7. The average molecular weight is 183 g/mol. The van der Waals surface area contributed by atoms with E-state index in [1.807, 2.05) is 19.8 Å². The van der Waals surface area contributed by atoms with Crippen LogP contribution in [0.4, 0.5) is 0 Å². The molecule has 3 heteroatoms. The quantitative estimate of drug-likeness (QED) is 0.626. The Balaban J connectivity index is 2.59. The molecule has 1 aliphatic heterocycles. The van der Waals surface area contributed by atoms with E-state index in [0.29, 0.717) is 5.70 Å². The molecule has 0 aromatic rings. The van der Waals surface area contributed by atoms with Crippen LogP contribution in [0.25, 0.3) is 0 Å². The van der Waals surface area contributed by atoms with E-state index in [2.05, 4.69) is 6.92 Å². The summed E-state index contributed by atoms with van der Waals surface area (Å²) in [5.41, 5.74) is 0.466. The molecule has 0 aliphatic carbocycles. The van der Waals surface area contributed by atoms with Gasteiger partial charge in [0.2, 0.25) is 0 Å². The zero-order valence-electron chi connectivity index (χ0n) is 8.59. The largest absolute Gasteiger partial charge is 0.267 e. The maximum Gasteiger partial charge on any atom is 0.148 e. The van der Waals surface area contributed by atoms with E-state index < -0.39 is 0 Å². The van der Waals surface area contributed by atoms with E-state index in [-0.39, 0.29) is 5.60 Å². The Labute approximate surface area is 79.3 Å². The molecule has 0 N–H and O–H groups in total. The lowest BCUT2D eigenvalue weighted by atomic mass is 10.1. The van der Waals surface area contributed by atoms with E-state index in [1.54, 1.807) is 5.06 Å². The second kappa shape index (κ2) is 3.95. The molecule has 0 aromatic carbocycles. The number of hydrogen-bond acceptors (Lipinski definition) is 3. The van der Waals surface area contributed by atoms with E-state index >= 15 is 0 Å². The predicted molar refractivity (Wildman–Crippen MR) is 50.6 cm³/mol. The number of hydrogen-bond donors (Lipinski definition) is 0. The molecule has 0 radical (unpaired) electrons. The fourth-order valence-corrected chi connectivity index (χ4v) is 1.22. The molecule has 0 atom stereocenters. The first-order chi connectivity index (χ1) is 6.09. The lowest BCUT2D eigenvalue weighted by molar-refractivity contribution is -0.206. The lowest BCUT2D eigenvalue weighted by Gasteiger charge is -2.29. The highest BCUT2D eigenvalue weighted by Crippen LogP contribution is 2.24. The molecule has 1 saturated heterocycles. The van der Waals surface area contributed by atoms with Gasteiger partial charge < -0.3 is 0 Å². The summed E-state index contributed by atoms with van der Waals surface area (Å²) in [7, 11) is 0.